The maximum Gasteiger partial charge on any atom is 0.0968 e. The number of thiazole rings is 1. The third-order valence-electron chi connectivity index (χ3n) is 3.68. The molecule has 1 aliphatic heterocycles. The molecule has 21 heavy (non-hydrogen) atoms. The molecular formula is C16H15NOS3. The predicted octanol–water partition coefficient (Wildman–Crippen LogP) is 4.42. The topological polar surface area (TPSA) is 33.1 Å². The van der Waals surface area contributed by atoms with Gasteiger partial charge in [-0.25, -0.2) is 4.98 Å². The Bertz CT molecular complexity index is 720. The molecule has 5 heteroatoms. The zero-order valence-corrected chi connectivity index (χ0v) is 13.9. The van der Waals surface area contributed by atoms with Crippen LogP contribution in [-0.4, -0.2) is 15.8 Å². The molecule has 0 radical (unpaired) electrons. The Hall–Kier alpha value is -0.880. The lowest BCUT2D eigenvalue weighted by molar-refractivity contribution is 0.182. The highest BCUT2D eigenvalue weighted by Gasteiger charge is 2.19. The van der Waals surface area contributed by atoms with Crippen LogP contribution in [0.4, 0.5) is 0 Å². The monoisotopic (exact) mass is 333 g/mol. The summed E-state index contributed by atoms with van der Waals surface area (Å²) in [7, 11) is 0. The number of thiophene rings is 1. The molecule has 1 atom stereocenters. The van der Waals surface area contributed by atoms with E-state index in [-0.39, 0.29) is 0 Å². The van der Waals surface area contributed by atoms with E-state index in [1.807, 2.05) is 30.0 Å². The van der Waals surface area contributed by atoms with Crippen molar-refractivity contribution in [1.29, 1.82) is 0 Å². The van der Waals surface area contributed by atoms with Gasteiger partial charge in [0.1, 0.15) is 0 Å². The van der Waals surface area contributed by atoms with Crippen LogP contribution in [0.1, 0.15) is 26.4 Å². The van der Waals surface area contributed by atoms with Gasteiger partial charge in [-0.2, -0.15) is 11.8 Å². The first-order valence-corrected chi connectivity index (χ1v) is 9.80. The Kier molecular flexibility index (Phi) is 3.75. The average molecular weight is 334 g/mol. The minimum Gasteiger partial charge on any atom is -0.387 e. The highest BCUT2D eigenvalue weighted by molar-refractivity contribution is 7.98. The van der Waals surface area contributed by atoms with Gasteiger partial charge in [0.05, 0.1) is 21.3 Å². The summed E-state index contributed by atoms with van der Waals surface area (Å²) in [6, 6.07) is 10.4. The Morgan fingerprint density at radius 1 is 1.24 bits per heavy atom. The fraction of sp³-hybridized carbons (Fsp3) is 0.312. The van der Waals surface area contributed by atoms with Crippen LogP contribution in [0.5, 0.6) is 0 Å². The van der Waals surface area contributed by atoms with Crippen molar-refractivity contribution >= 4 is 44.7 Å². The van der Waals surface area contributed by atoms with E-state index in [4.69, 9.17) is 0 Å². The van der Waals surface area contributed by atoms with Crippen molar-refractivity contribution in [2.45, 2.75) is 24.7 Å². The van der Waals surface area contributed by atoms with Crippen molar-refractivity contribution in [3.63, 3.8) is 0 Å². The van der Waals surface area contributed by atoms with E-state index in [9.17, 15) is 5.11 Å². The first-order valence-electron chi connectivity index (χ1n) is 7.01. The van der Waals surface area contributed by atoms with Crippen LogP contribution in [0, 0.1) is 0 Å². The number of aromatic nitrogens is 1. The summed E-state index contributed by atoms with van der Waals surface area (Å²) in [6.45, 7) is 0. The molecule has 0 saturated carbocycles. The SMILES string of the molecule is OC(Cc1nc2ccccc2s1)c1cc2c(s1)CCSC2. The molecule has 0 fully saturated rings. The van der Waals surface area contributed by atoms with E-state index in [1.54, 1.807) is 22.7 Å². The minimum atomic E-state index is -0.425. The van der Waals surface area contributed by atoms with Crippen molar-refractivity contribution in [3.8, 4) is 0 Å². The summed E-state index contributed by atoms with van der Waals surface area (Å²) in [5.41, 5.74) is 2.46. The number of para-hydroxylation sites is 1. The molecule has 0 aliphatic carbocycles. The van der Waals surface area contributed by atoms with E-state index in [0.29, 0.717) is 6.42 Å². The fourth-order valence-corrected chi connectivity index (χ4v) is 5.97. The second kappa shape index (κ2) is 5.72. The van der Waals surface area contributed by atoms with Gasteiger partial charge in [-0.05, 0) is 35.9 Å². The van der Waals surface area contributed by atoms with Gasteiger partial charge in [0.2, 0.25) is 0 Å². The Labute approximate surface area is 135 Å². The van der Waals surface area contributed by atoms with Crippen molar-refractivity contribution < 1.29 is 5.11 Å². The third kappa shape index (κ3) is 2.75. The largest absolute Gasteiger partial charge is 0.387 e. The van der Waals surface area contributed by atoms with Gasteiger partial charge in [0.15, 0.2) is 0 Å². The Morgan fingerprint density at radius 2 is 2.14 bits per heavy atom. The van der Waals surface area contributed by atoms with Crippen molar-refractivity contribution in [3.05, 3.63) is 50.7 Å². The van der Waals surface area contributed by atoms with Gasteiger partial charge in [-0.15, -0.1) is 22.7 Å². The third-order valence-corrected chi connectivity index (χ3v) is 7.09. The molecule has 0 spiro atoms. The van der Waals surface area contributed by atoms with Gasteiger partial charge in [0.25, 0.3) is 0 Å². The number of thioether (sulfide) groups is 1. The summed E-state index contributed by atoms with van der Waals surface area (Å²) < 4.78 is 1.20. The van der Waals surface area contributed by atoms with Crippen LogP contribution in [0.3, 0.4) is 0 Å². The van der Waals surface area contributed by atoms with Crippen LogP contribution >= 0.6 is 34.4 Å². The molecule has 1 aliphatic rings. The molecule has 0 bridgehead atoms. The number of aliphatic hydroxyl groups excluding tert-OH is 1. The number of hydrogen-bond acceptors (Lipinski definition) is 5. The normalized spacial score (nSPS) is 16.0. The second-order valence-corrected chi connectivity index (χ2v) is 8.58. The Balaban J connectivity index is 1.57. The summed E-state index contributed by atoms with van der Waals surface area (Å²) in [5, 5.41) is 11.5. The highest BCUT2D eigenvalue weighted by Crippen LogP contribution is 2.36. The molecular weight excluding hydrogens is 318 g/mol. The molecule has 0 saturated heterocycles. The molecule has 0 amide bonds. The van der Waals surface area contributed by atoms with Crippen molar-refractivity contribution in [2.75, 3.05) is 5.75 Å². The highest BCUT2D eigenvalue weighted by atomic mass is 32.2. The maximum atomic E-state index is 10.5. The number of aliphatic hydroxyl groups is 1. The van der Waals surface area contributed by atoms with Gasteiger partial charge in [0, 0.05) is 21.9 Å². The molecule has 2 nitrogen and oxygen atoms in total. The van der Waals surface area contributed by atoms with E-state index < -0.39 is 6.10 Å². The number of aryl methyl sites for hydroxylation is 1. The zero-order chi connectivity index (χ0) is 14.2. The predicted molar refractivity (Wildman–Crippen MR) is 92.5 cm³/mol. The molecule has 3 heterocycles. The lowest BCUT2D eigenvalue weighted by Gasteiger charge is -2.08. The van der Waals surface area contributed by atoms with Crippen LogP contribution in [0.25, 0.3) is 10.2 Å². The first-order chi connectivity index (χ1) is 10.3. The molecule has 2 aromatic heterocycles. The van der Waals surface area contributed by atoms with Crippen LogP contribution in [-0.2, 0) is 18.6 Å². The lowest BCUT2D eigenvalue weighted by Crippen LogP contribution is -1.99. The van der Waals surface area contributed by atoms with Gasteiger partial charge in [-0.1, -0.05) is 12.1 Å². The molecule has 4 rings (SSSR count). The van der Waals surface area contributed by atoms with Crippen LogP contribution in [0.15, 0.2) is 30.3 Å². The zero-order valence-electron chi connectivity index (χ0n) is 11.4. The molecule has 3 aromatic rings. The number of fused-ring (bicyclic) bond motifs is 2. The van der Waals surface area contributed by atoms with Gasteiger partial charge in [-0.3, -0.25) is 0 Å². The molecule has 1 aromatic carbocycles. The minimum absolute atomic E-state index is 0.425. The van der Waals surface area contributed by atoms with Crippen molar-refractivity contribution in [2.24, 2.45) is 0 Å². The average Bonchev–Trinajstić information content (AvgIpc) is 3.10. The van der Waals surface area contributed by atoms with E-state index in [1.165, 1.54) is 20.9 Å². The number of nitrogens with zero attached hydrogens (tertiary/aromatic N) is 1. The quantitative estimate of drug-likeness (QED) is 0.770. The summed E-state index contributed by atoms with van der Waals surface area (Å²) in [6.07, 6.45) is 1.34. The second-order valence-electron chi connectivity index (χ2n) is 5.20. The number of rotatable bonds is 3. The van der Waals surface area contributed by atoms with Crippen LogP contribution in [0.2, 0.25) is 0 Å². The van der Waals surface area contributed by atoms with E-state index in [0.717, 1.165) is 27.6 Å². The standard InChI is InChI=1S/C16H15NOS3/c18-12(15-7-10-9-19-6-5-13(10)20-15)8-16-17-11-3-1-2-4-14(11)21-16/h1-4,7,12,18H,5-6,8-9H2. The fourth-order valence-electron chi connectivity index (χ4n) is 2.61. The van der Waals surface area contributed by atoms with Gasteiger partial charge >= 0.3 is 0 Å². The molecule has 1 N–H and O–H groups in total. The van der Waals surface area contributed by atoms with Gasteiger partial charge < -0.3 is 5.11 Å². The van der Waals surface area contributed by atoms with E-state index in [2.05, 4.69) is 17.1 Å². The summed E-state index contributed by atoms with van der Waals surface area (Å²) in [5.74, 6) is 2.31. The first kappa shape index (κ1) is 13.8. The smallest absolute Gasteiger partial charge is 0.0968 e. The lowest BCUT2D eigenvalue weighted by atomic mass is 10.1. The summed E-state index contributed by atoms with van der Waals surface area (Å²) in [4.78, 5) is 7.18. The van der Waals surface area contributed by atoms with E-state index >= 15 is 0 Å². The molecule has 1 unspecified atom stereocenters. The Morgan fingerprint density at radius 3 is 3.00 bits per heavy atom. The number of hydrogen-bond donors (Lipinski definition) is 1. The van der Waals surface area contributed by atoms with Crippen molar-refractivity contribution in [1.82, 2.24) is 4.98 Å². The maximum absolute atomic E-state index is 10.5. The number of benzene rings is 1. The summed E-state index contributed by atoms with van der Waals surface area (Å²) >= 11 is 5.45. The van der Waals surface area contributed by atoms with Crippen LogP contribution < -0.4 is 0 Å². The molecule has 108 valence electrons.